The zero-order valence-electron chi connectivity index (χ0n) is 16.3. The molecule has 2 heterocycles. The molecule has 1 aromatic heterocycles. The highest BCUT2D eigenvalue weighted by Crippen LogP contribution is 2.21. The van der Waals surface area contributed by atoms with Crippen LogP contribution < -0.4 is 5.32 Å². The van der Waals surface area contributed by atoms with Gasteiger partial charge >= 0.3 is 0 Å². The fourth-order valence-electron chi connectivity index (χ4n) is 3.66. The molecule has 28 heavy (non-hydrogen) atoms. The molecule has 1 unspecified atom stereocenters. The normalized spacial score (nSPS) is 16.8. The zero-order valence-corrected chi connectivity index (χ0v) is 16.3. The second-order valence-electron chi connectivity index (χ2n) is 7.45. The van der Waals surface area contributed by atoms with Crippen molar-refractivity contribution in [2.45, 2.75) is 32.7 Å². The molecule has 1 N–H and O–H groups in total. The molecule has 1 amide bonds. The van der Waals surface area contributed by atoms with E-state index in [0.717, 1.165) is 30.8 Å². The number of aromatic nitrogens is 3. The molecule has 0 aliphatic carbocycles. The third kappa shape index (κ3) is 3.91. The number of aryl methyl sites for hydroxylation is 2. The molecule has 2 aromatic carbocycles. The molecule has 0 saturated carbocycles. The van der Waals surface area contributed by atoms with Crippen LogP contribution in [-0.2, 0) is 0 Å². The lowest BCUT2D eigenvalue weighted by atomic mass is 10.0. The first-order valence-corrected chi connectivity index (χ1v) is 9.68. The molecule has 6 nitrogen and oxygen atoms in total. The third-order valence-electron chi connectivity index (χ3n) is 5.40. The fraction of sp³-hybridized carbons (Fsp3) is 0.318. The van der Waals surface area contributed by atoms with Crippen molar-refractivity contribution < 1.29 is 4.79 Å². The van der Waals surface area contributed by atoms with Crippen molar-refractivity contribution in [1.82, 2.24) is 19.7 Å². The summed E-state index contributed by atoms with van der Waals surface area (Å²) in [4.78, 5) is 15.0. The smallest absolute Gasteiger partial charge is 0.253 e. The summed E-state index contributed by atoms with van der Waals surface area (Å²) in [6.07, 6.45) is 5.33. The monoisotopic (exact) mass is 375 g/mol. The largest absolute Gasteiger partial charge is 0.381 e. The quantitative estimate of drug-likeness (QED) is 0.757. The van der Waals surface area contributed by atoms with Crippen molar-refractivity contribution in [2.75, 3.05) is 18.4 Å². The number of hydrogen-bond donors (Lipinski definition) is 1. The van der Waals surface area contributed by atoms with Crippen molar-refractivity contribution in [3.63, 3.8) is 0 Å². The van der Waals surface area contributed by atoms with Crippen molar-refractivity contribution in [2.24, 2.45) is 0 Å². The van der Waals surface area contributed by atoms with Gasteiger partial charge in [-0.05, 0) is 68.1 Å². The Morgan fingerprint density at radius 2 is 1.89 bits per heavy atom. The topological polar surface area (TPSA) is 63.1 Å². The van der Waals surface area contributed by atoms with Gasteiger partial charge in [-0.2, -0.15) is 0 Å². The molecule has 6 heteroatoms. The van der Waals surface area contributed by atoms with E-state index in [-0.39, 0.29) is 11.9 Å². The van der Waals surface area contributed by atoms with E-state index in [2.05, 4.69) is 47.6 Å². The van der Waals surface area contributed by atoms with E-state index in [9.17, 15) is 4.79 Å². The lowest BCUT2D eigenvalue weighted by molar-refractivity contribution is 0.0715. The minimum Gasteiger partial charge on any atom is -0.381 e. The number of hydrogen-bond acceptors (Lipinski definition) is 4. The molecule has 0 radical (unpaired) electrons. The minimum absolute atomic E-state index is 0.0708. The Morgan fingerprint density at radius 3 is 2.68 bits per heavy atom. The summed E-state index contributed by atoms with van der Waals surface area (Å²) in [5.74, 6) is 0.0708. The lowest BCUT2D eigenvalue weighted by Crippen LogP contribution is -2.45. The van der Waals surface area contributed by atoms with Crippen molar-refractivity contribution in [3.05, 3.63) is 71.8 Å². The maximum Gasteiger partial charge on any atom is 0.253 e. The van der Waals surface area contributed by atoms with Gasteiger partial charge in [-0.15, -0.1) is 10.2 Å². The van der Waals surface area contributed by atoms with Gasteiger partial charge in [0, 0.05) is 36.1 Å². The van der Waals surface area contributed by atoms with Crippen LogP contribution in [0.5, 0.6) is 0 Å². The van der Waals surface area contributed by atoms with E-state index in [1.54, 1.807) is 17.2 Å². The number of carbonyl (C=O) groups excluding carboxylic acids is 1. The van der Waals surface area contributed by atoms with Gasteiger partial charge < -0.3 is 10.2 Å². The molecule has 144 valence electrons. The zero-order chi connectivity index (χ0) is 19.5. The molecule has 0 bridgehead atoms. The van der Waals surface area contributed by atoms with Crippen molar-refractivity contribution in [3.8, 4) is 5.69 Å². The summed E-state index contributed by atoms with van der Waals surface area (Å²) < 4.78 is 1.80. The van der Waals surface area contributed by atoms with Gasteiger partial charge in [0.05, 0.1) is 0 Å². The van der Waals surface area contributed by atoms with Gasteiger partial charge in [0.15, 0.2) is 0 Å². The van der Waals surface area contributed by atoms with E-state index in [0.29, 0.717) is 12.1 Å². The Balaban J connectivity index is 1.46. The van der Waals surface area contributed by atoms with E-state index in [1.165, 1.54) is 11.1 Å². The van der Waals surface area contributed by atoms with E-state index < -0.39 is 0 Å². The van der Waals surface area contributed by atoms with Crippen LogP contribution >= 0.6 is 0 Å². The maximum absolute atomic E-state index is 13.1. The number of anilines is 1. The second kappa shape index (κ2) is 7.84. The van der Waals surface area contributed by atoms with Gasteiger partial charge in [0.25, 0.3) is 5.91 Å². The molecule has 3 aromatic rings. The Hall–Kier alpha value is -3.15. The predicted molar refractivity (Wildman–Crippen MR) is 110 cm³/mol. The number of carbonyl (C=O) groups is 1. The van der Waals surface area contributed by atoms with Gasteiger partial charge in [-0.1, -0.05) is 12.1 Å². The summed E-state index contributed by atoms with van der Waals surface area (Å²) in [6, 6.07) is 14.3. The minimum atomic E-state index is 0.0708. The van der Waals surface area contributed by atoms with Crippen LogP contribution in [0.2, 0.25) is 0 Å². The molecule has 1 atom stereocenters. The van der Waals surface area contributed by atoms with Gasteiger partial charge in [0.1, 0.15) is 12.7 Å². The first-order chi connectivity index (χ1) is 13.6. The molecular weight excluding hydrogens is 350 g/mol. The van der Waals surface area contributed by atoms with Crippen molar-refractivity contribution >= 4 is 11.6 Å². The first kappa shape index (κ1) is 18.2. The molecular formula is C22H25N5O. The number of benzene rings is 2. The van der Waals surface area contributed by atoms with Gasteiger partial charge in [0.2, 0.25) is 0 Å². The number of likely N-dealkylation sites (tertiary alicyclic amines) is 1. The van der Waals surface area contributed by atoms with Crippen LogP contribution in [0.1, 0.15) is 34.3 Å². The van der Waals surface area contributed by atoms with E-state index >= 15 is 0 Å². The molecule has 0 spiro atoms. The number of nitrogens with zero attached hydrogens (tertiary/aromatic N) is 4. The third-order valence-corrected chi connectivity index (χ3v) is 5.40. The maximum atomic E-state index is 13.1. The molecule has 1 fully saturated rings. The molecule has 1 saturated heterocycles. The van der Waals surface area contributed by atoms with Crippen LogP contribution in [0, 0.1) is 13.8 Å². The summed E-state index contributed by atoms with van der Waals surface area (Å²) in [5.41, 5.74) is 5.27. The van der Waals surface area contributed by atoms with E-state index in [1.807, 2.05) is 29.2 Å². The molecule has 4 rings (SSSR count). The van der Waals surface area contributed by atoms with Crippen LogP contribution in [0.25, 0.3) is 5.69 Å². The standard InChI is InChI=1S/C22H25N5O/c1-16-8-9-19(11-17(16)2)25-20-6-4-10-26(13-20)22(28)18-5-3-7-21(12-18)27-14-23-24-15-27/h3,5,7-9,11-12,14-15,20,25H,4,6,10,13H2,1-2H3. The van der Waals surface area contributed by atoms with Crippen molar-refractivity contribution in [1.29, 1.82) is 0 Å². The number of nitrogens with one attached hydrogen (secondary N) is 1. The SMILES string of the molecule is Cc1ccc(NC2CCCN(C(=O)c3cccc(-n4cnnc4)c3)C2)cc1C. The highest BCUT2D eigenvalue weighted by Gasteiger charge is 2.24. The number of rotatable bonds is 4. The lowest BCUT2D eigenvalue weighted by Gasteiger charge is -2.34. The predicted octanol–water partition coefficient (Wildman–Crippen LogP) is 3.60. The van der Waals surface area contributed by atoms with Gasteiger partial charge in [-0.3, -0.25) is 9.36 Å². The Morgan fingerprint density at radius 1 is 1.07 bits per heavy atom. The molecule has 1 aliphatic rings. The average Bonchev–Trinajstić information content (AvgIpc) is 3.25. The van der Waals surface area contributed by atoms with Crippen LogP contribution in [0.3, 0.4) is 0 Å². The summed E-state index contributed by atoms with van der Waals surface area (Å²) in [7, 11) is 0. The Kier molecular flexibility index (Phi) is 5.10. The number of piperidine rings is 1. The summed E-state index contributed by atoms with van der Waals surface area (Å²) >= 11 is 0. The highest BCUT2D eigenvalue weighted by molar-refractivity contribution is 5.94. The van der Waals surface area contributed by atoms with Crippen LogP contribution in [0.4, 0.5) is 5.69 Å². The van der Waals surface area contributed by atoms with E-state index in [4.69, 9.17) is 0 Å². The molecule has 1 aliphatic heterocycles. The number of amides is 1. The first-order valence-electron chi connectivity index (χ1n) is 9.68. The average molecular weight is 375 g/mol. The Bertz CT molecular complexity index is 967. The second-order valence-corrected chi connectivity index (χ2v) is 7.45. The highest BCUT2D eigenvalue weighted by atomic mass is 16.2. The van der Waals surface area contributed by atoms with Crippen LogP contribution in [-0.4, -0.2) is 44.7 Å². The Labute approximate surface area is 165 Å². The summed E-state index contributed by atoms with van der Waals surface area (Å²) in [5, 5.41) is 11.3. The fourth-order valence-corrected chi connectivity index (χ4v) is 3.66. The van der Waals surface area contributed by atoms with Gasteiger partial charge in [-0.25, -0.2) is 0 Å². The summed E-state index contributed by atoms with van der Waals surface area (Å²) in [6.45, 7) is 5.75. The van der Waals surface area contributed by atoms with Crippen LogP contribution in [0.15, 0.2) is 55.1 Å².